The lowest BCUT2D eigenvalue weighted by Crippen LogP contribution is -3.07. The van der Waals surface area contributed by atoms with Crippen molar-refractivity contribution in [1.82, 2.24) is 0 Å². The lowest BCUT2D eigenvalue weighted by atomic mass is 10.1. The first-order valence-electron chi connectivity index (χ1n) is 10.3. The van der Waals surface area contributed by atoms with Gasteiger partial charge in [-0.05, 0) is 25.7 Å². The lowest BCUT2D eigenvalue weighted by molar-refractivity contribution is -0.848. The van der Waals surface area contributed by atoms with Crippen molar-refractivity contribution in [3.05, 3.63) is 5.21 Å². The zero-order chi connectivity index (χ0) is 16.3. The van der Waals surface area contributed by atoms with Crippen LogP contribution in [-0.2, 0) is 0 Å². The second kappa shape index (κ2) is 19.0. The SMILES string of the molecule is CCCCCCCCCC[NH+]([O-])CCCCCCCCCC. The van der Waals surface area contributed by atoms with E-state index in [1.165, 1.54) is 89.9 Å². The summed E-state index contributed by atoms with van der Waals surface area (Å²) in [4.78, 5) is 0. The molecular formula is C20H43NO. The molecule has 0 fully saturated rings. The van der Waals surface area contributed by atoms with Crippen molar-refractivity contribution in [3.8, 4) is 0 Å². The van der Waals surface area contributed by atoms with E-state index in [9.17, 15) is 5.21 Å². The molecule has 2 nitrogen and oxygen atoms in total. The molecule has 22 heavy (non-hydrogen) atoms. The molecule has 134 valence electrons. The van der Waals surface area contributed by atoms with E-state index in [4.69, 9.17) is 0 Å². The third-order valence-corrected chi connectivity index (χ3v) is 4.62. The Morgan fingerprint density at radius 1 is 0.455 bits per heavy atom. The van der Waals surface area contributed by atoms with Crippen LogP contribution in [0, 0.1) is 5.21 Å². The van der Waals surface area contributed by atoms with Gasteiger partial charge < -0.3 is 10.3 Å². The predicted octanol–water partition coefficient (Wildman–Crippen LogP) is 5.65. The van der Waals surface area contributed by atoms with E-state index in [1.807, 2.05) is 0 Å². The van der Waals surface area contributed by atoms with Crippen molar-refractivity contribution in [2.45, 2.75) is 117 Å². The average Bonchev–Trinajstić information content (AvgIpc) is 2.52. The highest BCUT2D eigenvalue weighted by molar-refractivity contribution is 4.47. The Kier molecular flexibility index (Phi) is 18.9. The van der Waals surface area contributed by atoms with Crippen molar-refractivity contribution >= 4 is 0 Å². The molecule has 0 spiro atoms. The quantitative estimate of drug-likeness (QED) is 0.257. The molecule has 0 amide bonds. The fraction of sp³-hybridized carbons (Fsp3) is 1.00. The molecule has 2 heteroatoms. The second-order valence-corrected chi connectivity index (χ2v) is 6.99. The van der Waals surface area contributed by atoms with E-state index in [0.717, 1.165) is 25.9 Å². The normalized spacial score (nSPS) is 11.5. The van der Waals surface area contributed by atoms with Gasteiger partial charge in [0.15, 0.2) is 0 Å². The third-order valence-electron chi connectivity index (χ3n) is 4.62. The number of quaternary nitrogens is 1. The molecule has 0 unspecified atom stereocenters. The Morgan fingerprint density at radius 2 is 0.727 bits per heavy atom. The van der Waals surface area contributed by atoms with Crippen LogP contribution < -0.4 is 5.06 Å². The highest BCUT2D eigenvalue weighted by Gasteiger charge is 1.99. The van der Waals surface area contributed by atoms with Crippen LogP contribution in [0.5, 0.6) is 0 Å². The summed E-state index contributed by atoms with van der Waals surface area (Å²) in [5.41, 5.74) is 0. The van der Waals surface area contributed by atoms with E-state index >= 15 is 0 Å². The summed E-state index contributed by atoms with van der Waals surface area (Å²) in [7, 11) is 0. The number of hydrogen-bond acceptors (Lipinski definition) is 1. The molecule has 0 aliphatic rings. The van der Waals surface area contributed by atoms with E-state index in [1.54, 1.807) is 0 Å². The molecule has 0 saturated carbocycles. The maximum absolute atomic E-state index is 11.8. The number of rotatable bonds is 18. The Morgan fingerprint density at radius 3 is 1.05 bits per heavy atom. The first-order valence-corrected chi connectivity index (χ1v) is 10.3. The molecule has 0 atom stereocenters. The van der Waals surface area contributed by atoms with Crippen LogP contribution in [0.2, 0.25) is 0 Å². The molecule has 0 bridgehead atoms. The number of hydrogen-bond donors (Lipinski definition) is 1. The van der Waals surface area contributed by atoms with Crippen molar-refractivity contribution in [2.24, 2.45) is 0 Å². The fourth-order valence-corrected chi connectivity index (χ4v) is 3.04. The minimum absolute atomic E-state index is 0.511. The van der Waals surface area contributed by atoms with Gasteiger partial charge in [-0.15, -0.1) is 0 Å². The Balaban J connectivity index is 3.11. The molecule has 0 radical (unpaired) electrons. The maximum Gasteiger partial charge on any atom is 0.0768 e. The van der Waals surface area contributed by atoms with Gasteiger partial charge in [0, 0.05) is 0 Å². The minimum atomic E-state index is 0.511. The first kappa shape index (κ1) is 21.9. The molecule has 0 aromatic carbocycles. The lowest BCUT2D eigenvalue weighted by Gasteiger charge is -2.22. The minimum Gasteiger partial charge on any atom is -0.634 e. The molecule has 0 aromatic rings. The van der Waals surface area contributed by atoms with Gasteiger partial charge in [0.2, 0.25) is 0 Å². The largest absolute Gasteiger partial charge is 0.634 e. The molecule has 0 rings (SSSR count). The van der Waals surface area contributed by atoms with E-state index in [0.29, 0.717) is 5.06 Å². The molecule has 0 aliphatic heterocycles. The van der Waals surface area contributed by atoms with Gasteiger partial charge in [-0.1, -0.05) is 90.9 Å². The predicted molar refractivity (Wildman–Crippen MR) is 99.3 cm³/mol. The van der Waals surface area contributed by atoms with Gasteiger partial charge >= 0.3 is 0 Å². The van der Waals surface area contributed by atoms with Crippen LogP contribution in [0.25, 0.3) is 0 Å². The number of unbranched alkanes of at least 4 members (excludes halogenated alkanes) is 14. The summed E-state index contributed by atoms with van der Waals surface area (Å²) < 4.78 is 0. The van der Waals surface area contributed by atoms with Crippen LogP contribution in [0.3, 0.4) is 0 Å². The zero-order valence-corrected chi connectivity index (χ0v) is 15.6. The second-order valence-electron chi connectivity index (χ2n) is 6.99. The number of nitrogens with one attached hydrogen (secondary N) is 1. The van der Waals surface area contributed by atoms with Gasteiger partial charge in [-0.2, -0.15) is 0 Å². The first-order chi connectivity index (χ1) is 10.8. The Hall–Kier alpha value is -0.0800. The fourth-order valence-electron chi connectivity index (χ4n) is 3.04. The van der Waals surface area contributed by atoms with E-state index in [2.05, 4.69) is 13.8 Å². The molecule has 1 N–H and O–H groups in total. The average molecular weight is 314 g/mol. The van der Waals surface area contributed by atoms with Gasteiger partial charge in [-0.25, -0.2) is 0 Å². The third kappa shape index (κ3) is 18.0. The standard InChI is InChI=1S/C20H43NO/c1-3-5-7-9-11-13-15-17-19-21(22)20-18-16-14-12-10-8-6-4-2/h21H,3-20H2,1-2H3. The summed E-state index contributed by atoms with van der Waals surface area (Å²) in [6.45, 7) is 6.20. The van der Waals surface area contributed by atoms with Crippen molar-refractivity contribution < 1.29 is 5.06 Å². The summed E-state index contributed by atoms with van der Waals surface area (Å²) >= 11 is 0. The Bertz CT molecular complexity index is 176. The zero-order valence-electron chi connectivity index (χ0n) is 15.6. The van der Waals surface area contributed by atoms with E-state index in [-0.39, 0.29) is 0 Å². The van der Waals surface area contributed by atoms with Gasteiger partial charge in [0.25, 0.3) is 0 Å². The summed E-state index contributed by atoms with van der Waals surface area (Å²) in [6.07, 6.45) is 21.2. The van der Waals surface area contributed by atoms with Crippen molar-refractivity contribution in [1.29, 1.82) is 0 Å². The van der Waals surface area contributed by atoms with Crippen molar-refractivity contribution in [2.75, 3.05) is 13.1 Å². The molecule has 0 aromatic heterocycles. The summed E-state index contributed by atoms with van der Waals surface area (Å²) in [6, 6.07) is 0. The topological polar surface area (TPSA) is 27.5 Å². The van der Waals surface area contributed by atoms with E-state index < -0.39 is 0 Å². The Labute approximate surface area is 140 Å². The van der Waals surface area contributed by atoms with Crippen molar-refractivity contribution in [3.63, 3.8) is 0 Å². The van der Waals surface area contributed by atoms with Crippen LogP contribution in [0.4, 0.5) is 0 Å². The molecule has 0 saturated heterocycles. The molecule has 0 heterocycles. The summed E-state index contributed by atoms with van der Waals surface area (Å²) in [5, 5.41) is 12.3. The van der Waals surface area contributed by atoms with Crippen LogP contribution in [0.15, 0.2) is 0 Å². The molecule has 0 aliphatic carbocycles. The van der Waals surface area contributed by atoms with Gasteiger partial charge in [0.05, 0.1) is 13.1 Å². The van der Waals surface area contributed by atoms with Crippen LogP contribution in [0.1, 0.15) is 117 Å². The highest BCUT2D eigenvalue weighted by atomic mass is 16.5. The monoisotopic (exact) mass is 313 g/mol. The van der Waals surface area contributed by atoms with Gasteiger partial charge in [0.1, 0.15) is 0 Å². The van der Waals surface area contributed by atoms with Crippen LogP contribution >= 0.6 is 0 Å². The number of hydroxylamine groups is 2. The molecular weight excluding hydrogens is 270 g/mol. The van der Waals surface area contributed by atoms with Gasteiger partial charge in [-0.3, -0.25) is 0 Å². The van der Waals surface area contributed by atoms with Crippen LogP contribution in [-0.4, -0.2) is 13.1 Å². The summed E-state index contributed by atoms with van der Waals surface area (Å²) in [5.74, 6) is 0. The maximum atomic E-state index is 11.8. The highest BCUT2D eigenvalue weighted by Crippen LogP contribution is 2.08. The smallest absolute Gasteiger partial charge is 0.0768 e.